The summed E-state index contributed by atoms with van der Waals surface area (Å²) in [5.41, 5.74) is -0.255. The van der Waals surface area contributed by atoms with Crippen molar-refractivity contribution in [1.29, 1.82) is 0 Å². The molecule has 32 heavy (non-hydrogen) atoms. The minimum atomic E-state index is -5.05. The van der Waals surface area contributed by atoms with E-state index in [1.54, 1.807) is 12.1 Å². The SMILES string of the molecule is O=P(O)(O)C(CCCc1cccc(Oc2cccc(C(F)(F)F)c2)c1)S(=O)(=O)O.[H-].[H-].[H-].[K+].[K+].[K+]. The van der Waals surface area contributed by atoms with Gasteiger partial charge in [0.25, 0.3) is 10.1 Å². The standard InChI is InChI=1S/C17H18F3O7PS.3K.3H/c18-17(19,20)13-6-3-8-15(11-13)27-14-7-1-4-12(10-14)5-2-9-16(28(21,22)23)29(24,25)26;;;;;;/h1,3-4,6-8,10-11,16H,2,5,9H2,(H2,21,22,23)(H,24,25,26);;;;;;/q;3*+1;3*-1. The fourth-order valence-corrected chi connectivity index (χ4v) is 4.98. The molecule has 0 saturated carbocycles. The van der Waals surface area contributed by atoms with E-state index in [2.05, 4.69) is 0 Å². The van der Waals surface area contributed by atoms with E-state index in [0.717, 1.165) is 12.1 Å². The molecule has 0 fully saturated rings. The van der Waals surface area contributed by atoms with Gasteiger partial charge in [-0.1, -0.05) is 18.2 Å². The van der Waals surface area contributed by atoms with Crippen LogP contribution in [0.1, 0.15) is 28.2 Å². The van der Waals surface area contributed by atoms with Crippen LogP contribution >= 0.6 is 7.60 Å². The molecule has 7 nitrogen and oxygen atoms in total. The van der Waals surface area contributed by atoms with Crippen LogP contribution in [0.3, 0.4) is 0 Å². The van der Waals surface area contributed by atoms with E-state index >= 15 is 0 Å². The fourth-order valence-electron chi connectivity index (χ4n) is 2.61. The van der Waals surface area contributed by atoms with Gasteiger partial charge in [-0.2, -0.15) is 21.6 Å². The second-order valence-corrected chi connectivity index (χ2v) is 9.98. The first kappa shape index (κ1) is 37.2. The average molecular weight is 575 g/mol. The fraction of sp³-hybridized carbons (Fsp3) is 0.294. The van der Waals surface area contributed by atoms with Crippen molar-refractivity contribution < 1.29 is 204 Å². The molecule has 0 aromatic heterocycles. The summed E-state index contributed by atoms with van der Waals surface area (Å²) >= 11 is 0. The quantitative estimate of drug-likeness (QED) is 0.165. The van der Waals surface area contributed by atoms with Crippen molar-refractivity contribution in [3.05, 3.63) is 59.7 Å². The predicted molar refractivity (Wildman–Crippen MR) is 102 cm³/mol. The molecule has 1 atom stereocenters. The van der Waals surface area contributed by atoms with Gasteiger partial charge < -0.3 is 18.8 Å². The zero-order valence-electron chi connectivity index (χ0n) is 20.8. The van der Waals surface area contributed by atoms with Crippen molar-refractivity contribution in [2.75, 3.05) is 0 Å². The van der Waals surface area contributed by atoms with Crippen molar-refractivity contribution in [1.82, 2.24) is 0 Å². The number of ether oxygens (including phenoxy) is 1. The van der Waals surface area contributed by atoms with Gasteiger partial charge in [0, 0.05) is 0 Å². The molecule has 0 amide bonds. The Balaban J connectivity index is -0.000000500. The molecule has 0 aliphatic heterocycles. The molecule has 0 aliphatic rings. The van der Waals surface area contributed by atoms with Crippen molar-refractivity contribution in [2.45, 2.75) is 30.4 Å². The van der Waals surface area contributed by atoms with Gasteiger partial charge in [-0.3, -0.25) is 9.12 Å². The smallest absolute Gasteiger partial charge is 1.00 e. The largest absolute Gasteiger partial charge is 1.00 e. The Morgan fingerprint density at radius 1 is 1.00 bits per heavy atom. The Labute approximate surface area is 316 Å². The van der Waals surface area contributed by atoms with Crippen LogP contribution < -0.4 is 159 Å². The van der Waals surface area contributed by atoms with Crippen LogP contribution in [0.25, 0.3) is 0 Å². The molecule has 2 aromatic carbocycles. The maximum absolute atomic E-state index is 12.8. The number of hydrogen-bond acceptors (Lipinski definition) is 4. The van der Waals surface area contributed by atoms with Gasteiger partial charge in [0.05, 0.1) is 5.56 Å². The van der Waals surface area contributed by atoms with Crippen LogP contribution in [-0.2, 0) is 27.3 Å². The normalized spacial score (nSPS) is 12.6. The van der Waals surface area contributed by atoms with E-state index in [-0.39, 0.29) is 183 Å². The molecule has 2 rings (SSSR count). The Kier molecular flexibility index (Phi) is 18.7. The van der Waals surface area contributed by atoms with Crippen molar-refractivity contribution in [3.63, 3.8) is 0 Å². The minimum Gasteiger partial charge on any atom is -1.00 e. The first-order valence-electron chi connectivity index (χ1n) is 8.22. The number of alkyl halides is 3. The summed E-state index contributed by atoms with van der Waals surface area (Å²) in [6, 6.07) is 10.6. The van der Waals surface area contributed by atoms with E-state index in [1.807, 2.05) is 0 Å². The Morgan fingerprint density at radius 2 is 1.53 bits per heavy atom. The zero-order chi connectivity index (χ0) is 21.9. The maximum Gasteiger partial charge on any atom is 1.00 e. The Bertz CT molecular complexity index is 1030. The third kappa shape index (κ3) is 13.0. The molecule has 0 bridgehead atoms. The van der Waals surface area contributed by atoms with Crippen LogP contribution in [0.5, 0.6) is 11.5 Å². The molecular formula is C17H21F3K3O7PS. The van der Waals surface area contributed by atoms with Crippen molar-refractivity contribution in [3.8, 4) is 11.5 Å². The van der Waals surface area contributed by atoms with Crippen molar-refractivity contribution in [2.24, 2.45) is 0 Å². The Morgan fingerprint density at radius 3 is 2.03 bits per heavy atom. The van der Waals surface area contributed by atoms with E-state index in [1.165, 1.54) is 24.3 Å². The molecule has 0 aliphatic carbocycles. The van der Waals surface area contributed by atoms with Gasteiger partial charge >= 0.3 is 168 Å². The van der Waals surface area contributed by atoms with E-state index in [0.29, 0.717) is 5.56 Å². The number of rotatable bonds is 8. The summed E-state index contributed by atoms with van der Waals surface area (Å²) in [6.07, 6.45) is -4.75. The molecule has 15 heteroatoms. The predicted octanol–water partition coefficient (Wildman–Crippen LogP) is -4.44. The topological polar surface area (TPSA) is 121 Å². The van der Waals surface area contributed by atoms with Crippen LogP contribution in [0.15, 0.2) is 48.5 Å². The van der Waals surface area contributed by atoms with Gasteiger partial charge in [0.15, 0.2) is 4.99 Å². The molecule has 0 radical (unpaired) electrons. The summed E-state index contributed by atoms with van der Waals surface area (Å²) in [6.45, 7) is 0. The van der Waals surface area contributed by atoms with Gasteiger partial charge in [0.2, 0.25) is 0 Å². The third-order valence-electron chi connectivity index (χ3n) is 3.93. The van der Waals surface area contributed by atoms with Crippen molar-refractivity contribution >= 4 is 17.7 Å². The maximum atomic E-state index is 12.8. The van der Waals surface area contributed by atoms with Crippen LogP contribution in [0, 0.1) is 0 Å². The molecule has 0 heterocycles. The molecule has 3 N–H and O–H groups in total. The number of aryl methyl sites for hydroxylation is 1. The van der Waals surface area contributed by atoms with Gasteiger partial charge in [-0.15, -0.1) is 0 Å². The van der Waals surface area contributed by atoms with E-state index < -0.39 is 40.9 Å². The Hall–Kier alpha value is 3.00. The second kappa shape index (κ2) is 16.1. The van der Waals surface area contributed by atoms with Gasteiger partial charge in [0.1, 0.15) is 11.5 Å². The molecule has 2 aromatic rings. The van der Waals surface area contributed by atoms with Gasteiger partial charge in [-0.05, 0) is 55.2 Å². The summed E-state index contributed by atoms with van der Waals surface area (Å²) in [4.78, 5) is 15.9. The number of halogens is 3. The molecule has 0 spiro atoms. The van der Waals surface area contributed by atoms with E-state index in [4.69, 9.17) is 19.1 Å². The van der Waals surface area contributed by atoms with Crippen LogP contribution in [0.2, 0.25) is 0 Å². The number of benzene rings is 2. The first-order valence-corrected chi connectivity index (χ1v) is 11.4. The molecule has 1 unspecified atom stereocenters. The zero-order valence-corrected chi connectivity index (χ0v) is 28.9. The summed E-state index contributed by atoms with van der Waals surface area (Å²) < 4.78 is 86.2. The van der Waals surface area contributed by atoms with Crippen LogP contribution in [-0.4, -0.2) is 27.7 Å². The molecule has 0 saturated heterocycles. The molecule has 166 valence electrons. The monoisotopic (exact) mass is 574 g/mol. The summed E-state index contributed by atoms with van der Waals surface area (Å²) in [5.74, 6) is 0.216. The minimum absolute atomic E-state index is 0. The van der Waals surface area contributed by atoms with E-state index in [9.17, 15) is 26.2 Å². The first-order chi connectivity index (χ1) is 13.3. The second-order valence-electron chi connectivity index (χ2n) is 6.23. The average Bonchev–Trinajstić information content (AvgIpc) is 2.56. The molecular weight excluding hydrogens is 554 g/mol. The summed E-state index contributed by atoms with van der Waals surface area (Å²) in [7, 11) is -9.97. The summed E-state index contributed by atoms with van der Waals surface area (Å²) in [5, 5.41) is 0. The number of hydrogen-bond donors (Lipinski definition) is 3. The van der Waals surface area contributed by atoms with Gasteiger partial charge in [-0.25, -0.2) is 0 Å². The third-order valence-corrected chi connectivity index (χ3v) is 7.49. The van der Waals surface area contributed by atoms with Crippen LogP contribution in [0.4, 0.5) is 13.2 Å².